The third-order valence-corrected chi connectivity index (χ3v) is 4.96. The molecule has 0 amide bonds. The maximum Gasteiger partial charge on any atom is 0.330 e. The summed E-state index contributed by atoms with van der Waals surface area (Å²) in [5.41, 5.74) is 2.25. The summed E-state index contributed by atoms with van der Waals surface area (Å²) in [6, 6.07) is 8.66. The predicted octanol–water partition coefficient (Wildman–Crippen LogP) is 1.98. The number of fused-ring (bicyclic) bond motifs is 1. The molecule has 1 aromatic carbocycles. The van der Waals surface area contributed by atoms with Gasteiger partial charge in [-0.1, -0.05) is 24.3 Å². The number of nitrogens with zero attached hydrogens (tertiary/aromatic N) is 2. The molecule has 5 heteroatoms. The van der Waals surface area contributed by atoms with Crippen molar-refractivity contribution in [3.05, 3.63) is 35.4 Å². The van der Waals surface area contributed by atoms with Crippen molar-refractivity contribution in [3.8, 4) is 0 Å². The van der Waals surface area contributed by atoms with Crippen LogP contribution in [-0.2, 0) is 22.6 Å². The van der Waals surface area contributed by atoms with Crippen LogP contribution in [-0.4, -0.2) is 52.8 Å². The molecule has 1 saturated heterocycles. The first kappa shape index (κ1) is 17.4. The number of carbonyl (C=O) groups is 1. The molecule has 2 aliphatic heterocycles. The summed E-state index contributed by atoms with van der Waals surface area (Å²) < 4.78 is 0. The first-order valence-corrected chi connectivity index (χ1v) is 8.81. The Balaban J connectivity index is 1.58. The van der Waals surface area contributed by atoms with Gasteiger partial charge < -0.3 is 9.94 Å². The normalized spacial score (nSPS) is 26.0. The fraction of sp³-hybridized carbons (Fsp3) is 0.632. The molecule has 1 aromatic rings. The minimum atomic E-state index is -0.529. The SMILES string of the molecule is CC(C)(C)C(=O)ON1CCC(N2CCc3ccccc3C2)C(O)C1. The summed E-state index contributed by atoms with van der Waals surface area (Å²) >= 11 is 0. The number of hydroxylamine groups is 2. The molecule has 0 aliphatic carbocycles. The van der Waals surface area contributed by atoms with Crippen molar-refractivity contribution in [3.63, 3.8) is 0 Å². The number of aliphatic hydroxyl groups excluding tert-OH is 1. The molecule has 0 radical (unpaired) electrons. The smallest absolute Gasteiger partial charge is 0.330 e. The molecule has 3 rings (SSSR count). The van der Waals surface area contributed by atoms with Crippen molar-refractivity contribution in [2.24, 2.45) is 5.41 Å². The van der Waals surface area contributed by atoms with Gasteiger partial charge in [0.05, 0.1) is 18.1 Å². The fourth-order valence-electron chi connectivity index (χ4n) is 3.45. The quantitative estimate of drug-likeness (QED) is 0.897. The van der Waals surface area contributed by atoms with Gasteiger partial charge in [-0.15, -0.1) is 5.06 Å². The Morgan fingerprint density at radius 3 is 2.58 bits per heavy atom. The molecule has 2 atom stereocenters. The van der Waals surface area contributed by atoms with Gasteiger partial charge >= 0.3 is 5.97 Å². The van der Waals surface area contributed by atoms with E-state index in [1.54, 1.807) is 5.06 Å². The van der Waals surface area contributed by atoms with Crippen LogP contribution in [0.4, 0.5) is 0 Å². The van der Waals surface area contributed by atoms with Gasteiger partial charge in [0, 0.05) is 25.7 Å². The van der Waals surface area contributed by atoms with Crippen LogP contribution >= 0.6 is 0 Å². The Bertz CT molecular complexity index is 597. The van der Waals surface area contributed by atoms with Crippen LogP contribution < -0.4 is 0 Å². The van der Waals surface area contributed by atoms with Gasteiger partial charge in [0.1, 0.15) is 0 Å². The second kappa shape index (κ2) is 6.82. The standard InChI is InChI=1S/C19H28N2O3/c1-19(2,3)18(23)24-21-11-9-16(17(22)13-21)20-10-8-14-6-4-5-7-15(14)12-20/h4-7,16-17,22H,8-13H2,1-3H3. The zero-order chi connectivity index (χ0) is 17.3. The molecule has 0 bridgehead atoms. The van der Waals surface area contributed by atoms with Gasteiger partial charge in [0.25, 0.3) is 0 Å². The van der Waals surface area contributed by atoms with Gasteiger partial charge in [-0.3, -0.25) is 4.90 Å². The zero-order valence-corrected chi connectivity index (χ0v) is 14.9. The zero-order valence-electron chi connectivity index (χ0n) is 14.9. The van der Waals surface area contributed by atoms with Crippen molar-refractivity contribution in [1.29, 1.82) is 0 Å². The van der Waals surface area contributed by atoms with Gasteiger partial charge in [0.15, 0.2) is 0 Å². The van der Waals surface area contributed by atoms with Crippen molar-refractivity contribution < 1.29 is 14.7 Å². The van der Waals surface area contributed by atoms with Crippen LogP contribution in [0.3, 0.4) is 0 Å². The summed E-state index contributed by atoms with van der Waals surface area (Å²) in [5.74, 6) is -0.250. The Morgan fingerprint density at radius 2 is 1.92 bits per heavy atom. The van der Waals surface area contributed by atoms with Crippen LogP contribution in [0.2, 0.25) is 0 Å². The van der Waals surface area contributed by atoms with Crippen LogP contribution in [0, 0.1) is 5.41 Å². The first-order chi connectivity index (χ1) is 11.3. The van der Waals surface area contributed by atoms with Gasteiger partial charge in [-0.05, 0) is 44.7 Å². The summed E-state index contributed by atoms with van der Waals surface area (Å²) in [6.45, 7) is 8.42. The molecule has 0 saturated carbocycles. The van der Waals surface area contributed by atoms with Crippen LogP contribution in [0.15, 0.2) is 24.3 Å². The lowest BCUT2D eigenvalue weighted by molar-refractivity contribution is -0.216. The third kappa shape index (κ3) is 3.79. The van der Waals surface area contributed by atoms with E-state index in [2.05, 4.69) is 29.2 Å². The lowest BCUT2D eigenvalue weighted by Crippen LogP contribution is -2.55. The molecule has 2 unspecified atom stereocenters. The Kier molecular flexibility index (Phi) is 4.95. The van der Waals surface area contributed by atoms with Crippen LogP contribution in [0.25, 0.3) is 0 Å². The third-order valence-electron chi connectivity index (χ3n) is 4.96. The van der Waals surface area contributed by atoms with Gasteiger partial charge in [-0.25, -0.2) is 4.79 Å². The fourth-order valence-corrected chi connectivity index (χ4v) is 3.45. The van der Waals surface area contributed by atoms with E-state index in [1.807, 2.05) is 20.8 Å². The molecule has 5 nitrogen and oxygen atoms in total. The Labute approximate surface area is 144 Å². The average molecular weight is 332 g/mol. The average Bonchev–Trinajstić information content (AvgIpc) is 2.53. The largest absolute Gasteiger partial charge is 0.390 e. The number of benzene rings is 1. The second-order valence-corrected chi connectivity index (χ2v) is 7.93. The maximum atomic E-state index is 12.0. The summed E-state index contributed by atoms with van der Waals surface area (Å²) in [7, 11) is 0. The van der Waals surface area contributed by atoms with Crippen molar-refractivity contribution >= 4 is 5.97 Å². The van der Waals surface area contributed by atoms with Crippen molar-refractivity contribution in [2.45, 2.75) is 52.3 Å². The summed E-state index contributed by atoms with van der Waals surface area (Å²) in [4.78, 5) is 19.8. The Hall–Kier alpha value is -1.43. The molecule has 2 heterocycles. The number of β-amino-alcohol motifs (C(OH)–C–C–N with tert-alkyl or cyclic N) is 1. The minimum absolute atomic E-state index is 0.128. The number of hydrogen-bond donors (Lipinski definition) is 1. The lowest BCUT2D eigenvalue weighted by Gasteiger charge is -2.42. The van der Waals surface area contributed by atoms with Crippen molar-refractivity contribution in [2.75, 3.05) is 19.6 Å². The highest BCUT2D eigenvalue weighted by molar-refractivity contribution is 5.75. The molecular formula is C19H28N2O3. The first-order valence-electron chi connectivity index (χ1n) is 8.81. The molecule has 1 N–H and O–H groups in total. The van der Waals surface area contributed by atoms with E-state index in [-0.39, 0.29) is 12.0 Å². The molecule has 0 aromatic heterocycles. The van der Waals surface area contributed by atoms with Crippen LogP contribution in [0.1, 0.15) is 38.3 Å². The minimum Gasteiger partial charge on any atom is -0.390 e. The maximum absolute atomic E-state index is 12.0. The van der Waals surface area contributed by atoms with E-state index in [1.165, 1.54) is 11.1 Å². The van der Waals surface area contributed by atoms with E-state index in [0.29, 0.717) is 13.1 Å². The van der Waals surface area contributed by atoms with E-state index < -0.39 is 11.5 Å². The monoisotopic (exact) mass is 332 g/mol. The molecule has 2 aliphatic rings. The lowest BCUT2D eigenvalue weighted by atomic mass is 9.94. The molecule has 0 spiro atoms. The van der Waals surface area contributed by atoms with E-state index in [0.717, 1.165) is 25.9 Å². The number of hydrogen-bond acceptors (Lipinski definition) is 5. The van der Waals surface area contributed by atoms with E-state index in [9.17, 15) is 9.90 Å². The number of carbonyl (C=O) groups excluding carboxylic acids is 1. The molecule has 1 fully saturated rings. The number of aliphatic hydroxyl groups is 1. The molecule has 24 heavy (non-hydrogen) atoms. The predicted molar refractivity (Wildman–Crippen MR) is 92.1 cm³/mol. The van der Waals surface area contributed by atoms with Crippen molar-refractivity contribution in [1.82, 2.24) is 9.96 Å². The highest BCUT2D eigenvalue weighted by Crippen LogP contribution is 2.26. The summed E-state index contributed by atoms with van der Waals surface area (Å²) in [6.07, 6.45) is 1.33. The molecular weight excluding hydrogens is 304 g/mol. The molecule has 132 valence electrons. The highest BCUT2D eigenvalue weighted by Gasteiger charge is 2.36. The van der Waals surface area contributed by atoms with Gasteiger partial charge in [0.2, 0.25) is 0 Å². The second-order valence-electron chi connectivity index (χ2n) is 7.93. The number of rotatable bonds is 2. The number of piperidine rings is 1. The van der Waals surface area contributed by atoms with E-state index in [4.69, 9.17) is 4.84 Å². The van der Waals surface area contributed by atoms with Gasteiger partial charge in [-0.2, -0.15) is 0 Å². The van der Waals surface area contributed by atoms with Crippen LogP contribution in [0.5, 0.6) is 0 Å². The summed E-state index contributed by atoms with van der Waals surface area (Å²) in [5, 5.41) is 12.2. The topological polar surface area (TPSA) is 53.0 Å². The van der Waals surface area contributed by atoms with E-state index >= 15 is 0 Å². The Morgan fingerprint density at radius 1 is 1.21 bits per heavy atom. The highest BCUT2D eigenvalue weighted by atomic mass is 16.7.